The quantitative estimate of drug-likeness (QED) is 0.725. The average Bonchev–Trinajstić information content (AvgIpc) is 2.29. The molecular weight excluding hydrogens is 203 g/mol. The van der Waals surface area contributed by atoms with E-state index in [2.05, 4.69) is 4.90 Å². The molecule has 0 saturated carbocycles. The molecule has 0 aliphatic carbocycles. The van der Waals surface area contributed by atoms with E-state index >= 15 is 0 Å². The van der Waals surface area contributed by atoms with Crippen molar-refractivity contribution in [1.29, 1.82) is 0 Å². The summed E-state index contributed by atoms with van der Waals surface area (Å²) in [5.74, 6) is -0.0601. The molecule has 2 heterocycles. The summed E-state index contributed by atoms with van der Waals surface area (Å²) in [5, 5.41) is 0. The first-order valence-electron chi connectivity index (χ1n) is 6.05. The third-order valence-electron chi connectivity index (χ3n) is 3.87. The molecule has 3 rings (SSSR count). The standard InChI is InChI=1S/C13H17FN2/c14-12-2-1-3-13-11(12)7-6-10-5-4-9(15)8-16(10)13/h1-3,9-10H,4-8,15H2. The van der Waals surface area contributed by atoms with Crippen LogP contribution >= 0.6 is 0 Å². The minimum Gasteiger partial charge on any atom is -0.367 e. The highest BCUT2D eigenvalue weighted by Crippen LogP contribution is 2.36. The summed E-state index contributed by atoms with van der Waals surface area (Å²) < 4.78 is 13.7. The van der Waals surface area contributed by atoms with Gasteiger partial charge in [0.25, 0.3) is 0 Å². The molecule has 2 aliphatic rings. The van der Waals surface area contributed by atoms with Crippen LogP contribution in [0.1, 0.15) is 24.8 Å². The number of hydrogen-bond donors (Lipinski definition) is 1. The first kappa shape index (κ1) is 10.1. The minimum absolute atomic E-state index is 0.0601. The lowest BCUT2D eigenvalue weighted by Crippen LogP contribution is -2.50. The number of nitrogens with zero attached hydrogens (tertiary/aromatic N) is 1. The number of hydrogen-bond acceptors (Lipinski definition) is 2. The van der Waals surface area contributed by atoms with Crippen LogP contribution in [0.25, 0.3) is 0 Å². The molecule has 1 aromatic rings. The highest BCUT2D eigenvalue weighted by atomic mass is 19.1. The Bertz CT molecular complexity index is 405. The zero-order valence-corrected chi connectivity index (χ0v) is 9.32. The first-order chi connectivity index (χ1) is 7.75. The lowest BCUT2D eigenvalue weighted by Gasteiger charge is -2.44. The third-order valence-corrected chi connectivity index (χ3v) is 3.87. The Morgan fingerprint density at radius 2 is 2.12 bits per heavy atom. The molecule has 0 radical (unpaired) electrons. The Morgan fingerprint density at radius 3 is 3.00 bits per heavy atom. The van der Waals surface area contributed by atoms with Crippen LogP contribution in [-0.2, 0) is 6.42 Å². The van der Waals surface area contributed by atoms with Gasteiger partial charge >= 0.3 is 0 Å². The zero-order valence-electron chi connectivity index (χ0n) is 9.32. The molecule has 0 amide bonds. The van der Waals surface area contributed by atoms with Crippen molar-refractivity contribution in [3.8, 4) is 0 Å². The van der Waals surface area contributed by atoms with Gasteiger partial charge in [0.15, 0.2) is 0 Å². The molecule has 2 aliphatic heterocycles. The van der Waals surface area contributed by atoms with Gasteiger partial charge in [-0.15, -0.1) is 0 Å². The lowest BCUT2D eigenvalue weighted by atomic mass is 9.88. The maximum absolute atomic E-state index is 13.7. The van der Waals surface area contributed by atoms with Crippen LogP contribution in [0.15, 0.2) is 18.2 Å². The predicted octanol–water partition coefficient (Wildman–Crippen LogP) is 2.07. The van der Waals surface area contributed by atoms with Crippen LogP contribution in [0.4, 0.5) is 10.1 Å². The summed E-state index contributed by atoms with van der Waals surface area (Å²) in [5.41, 5.74) is 7.96. The molecule has 0 spiro atoms. The number of fused-ring (bicyclic) bond motifs is 3. The second-order valence-electron chi connectivity index (χ2n) is 4.92. The first-order valence-corrected chi connectivity index (χ1v) is 6.05. The Kier molecular flexibility index (Phi) is 2.36. The van der Waals surface area contributed by atoms with Gasteiger partial charge in [0, 0.05) is 29.9 Å². The molecule has 1 aromatic carbocycles. The maximum Gasteiger partial charge on any atom is 0.128 e. The number of halogens is 1. The highest BCUT2D eigenvalue weighted by Gasteiger charge is 2.32. The van der Waals surface area contributed by atoms with Crippen LogP contribution in [-0.4, -0.2) is 18.6 Å². The summed E-state index contributed by atoms with van der Waals surface area (Å²) >= 11 is 0. The number of piperidine rings is 1. The van der Waals surface area contributed by atoms with E-state index in [0.29, 0.717) is 6.04 Å². The molecule has 2 nitrogen and oxygen atoms in total. The number of anilines is 1. The van der Waals surface area contributed by atoms with Crippen molar-refractivity contribution in [1.82, 2.24) is 0 Å². The highest BCUT2D eigenvalue weighted by molar-refractivity contribution is 5.57. The topological polar surface area (TPSA) is 29.3 Å². The second kappa shape index (κ2) is 3.74. The Labute approximate surface area is 95.2 Å². The smallest absolute Gasteiger partial charge is 0.128 e. The van der Waals surface area contributed by atoms with Gasteiger partial charge in [-0.3, -0.25) is 0 Å². The molecule has 2 atom stereocenters. The molecule has 86 valence electrons. The number of rotatable bonds is 0. The van der Waals surface area contributed by atoms with Gasteiger partial charge in [-0.2, -0.15) is 0 Å². The fraction of sp³-hybridized carbons (Fsp3) is 0.538. The van der Waals surface area contributed by atoms with Crippen LogP contribution in [0.5, 0.6) is 0 Å². The Balaban J connectivity index is 2.00. The SMILES string of the molecule is NC1CCC2CCc3c(F)cccc3N2C1. The molecule has 16 heavy (non-hydrogen) atoms. The molecule has 0 aromatic heterocycles. The van der Waals surface area contributed by atoms with Gasteiger partial charge in [-0.1, -0.05) is 6.07 Å². The summed E-state index contributed by atoms with van der Waals surface area (Å²) in [7, 11) is 0. The minimum atomic E-state index is -0.0601. The largest absolute Gasteiger partial charge is 0.367 e. The molecular formula is C13H17FN2. The molecule has 0 bridgehead atoms. The summed E-state index contributed by atoms with van der Waals surface area (Å²) in [6.07, 6.45) is 4.20. The van der Waals surface area contributed by atoms with Crippen molar-refractivity contribution >= 4 is 5.69 Å². The summed E-state index contributed by atoms with van der Waals surface area (Å²) in [4.78, 5) is 2.32. The zero-order chi connectivity index (χ0) is 11.1. The van der Waals surface area contributed by atoms with Gasteiger partial charge in [-0.25, -0.2) is 4.39 Å². The van der Waals surface area contributed by atoms with Gasteiger partial charge in [0.2, 0.25) is 0 Å². The summed E-state index contributed by atoms with van der Waals surface area (Å²) in [6, 6.07) is 6.21. The van der Waals surface area contributed by atoms with E-state index in [0.717, 1.165) is 43.5 Å². The molecule has 2 unspecified atom stereocenters. The Morgan fingerprint density at radius 1 is 1.25 bits per heavy atom. The van der Waals surface area contributed by atoms with Crippen molar-refractivity contribution in [3.05, 3.63) is 29.6 Å². The molecule has 2 N–H and O–H groups in total. The van der Waals surface area contributed by atoms with Gasteiger partial charge in [-0.05, 0) is 37.8 Å². The second-order valence-corrected chi connectivity index (χ2v) is 4.92. The van der Waals surface area contributed by atoms with Crippen molar-refractivity contribution in [2.24, 2.45) is 5.73 Å². The van der Waals surface area contributed by atoms with Gasteiger partial charge in [0.1, 0.15) is 5.82 Å². The van der Waals surface area contributed by atoms with Crippen molar-refractivity contribution in [2.75, 3.05) is 11.4 Å². The van der Waals surface area contributed by atoms with E-state index in [1.807, 2.05) is 6.07 Å². The Hall–Kier alpha value is -1.09. The van der Waals surface area contributed by atoms with Crippen LogP contribution < -0.4 is 10.6 Å². The van der Waals surface area contributed by atoms with E-state index < -0.39 is 0 Å². The van der Waals surface area contributed by atoms with E-state index in [1.165, 1.54) is 0 Å². The number of benzene rings is 1. The fourth-order valence-electron chi connectivity index (χ4n) is 3.03. The van der Waals surface area contributed by atoms with Crippen LogP contribution in [0.3, 0.4) is 0 Å². The normalized spacial score (nSPS) is 28.5. The van der Waals surface area contributed by atoms with Crippen LogP contribution in [0.2, 0.25) is 0 Å². The van der Waals surface area contributed by atoms with E-state index in [1.54, 1.807) is 12.1 Å². The molecule has 1 fully saturated rings. The maximum atomic E-state index is 13.7. The molecule has 1 saturated heterocycles. The van der Waals surface area contributed by atoms with Crippen molar-refractivity contribution in [2.45, 2.75) is 37.8 Å². The van der Waals surface area contributed by atoms with Crippen molar-refractivity contribution < 1.29 is 4.39 Å². The molecule has 3 heteroatoms. The lowest BCUT2D eigenvalue weighted by molar-refractivity contribution is 0.386. The van der Waals surface area contributed by atoms with E-state index in [4.69, 9.17) is 5.73 Å². The number of nitrogens with two attached hydrogens (primary N) is 1. The van der Waals surface area contributed by atoms with E-state index in [9.17, 15) is 4.39 Å². The monoisotopic (exact) mass is 220 g/mol. The van der Waals surface area contributed by atoms with E-state index in [-0.39, 0.29) is 11.9 Å². The van der Waals surface area contributed by atoms with Crippen molar-refractivity contribution in [3.63, 3.8) is 0 Å². The fourth-order valence-corrected chi connectivity index (χ4v) is 3.03. The van der Waals surface area contributed by atoms with Gasteiger partial charge in [0.05, 0.1) is 0 Å². The third kappa shape index (κ3) is 1.50. The predicted molar refractivity (Wildman–Crippen MR) is 63.1 cm³/mol. The summed E-state index contributed by atoms with van der Waals surface area (Å²) in [6.45, 7) is 0.876. The van der Waals surface area contributed by atoms with Crippen LogP contribution in [0, 0.1) is 5.82 Å². The average molecular weight is 220 g/mol. The van der Waals surface area contributed by atoms with Gasteiger partial charge < -0.3 is 10.6 Å².